The summed E-state index contributed by atoms with van der Waals surface area (Å²) in [4.78, 5) is 26.0. The van der Waals surface area contributed by atoms with E-state index in [2.05, 4.69) is 58.1 Å². The first-order chi connectivity index (χ1) is 13.9. The lowest BCUT2D eigenvalue weighted by atomic mass is 10.1. The van der Waals surface area contributed by atoms with Crippen molar-refractivity contribution in [3.05, 3.63) is 53.1 Å². The summed E-state index contributed by atoms with van der Waals surface area (Å²) in [5.74, 6) is 0.814. The van der Waals surface area contributed by atoms with Gasteiger partial charge in [-0.25, -0.2) is 9.50 Å². The van der Waals surface area contributed by atoms with E-state index in [9.17, 15) is 4.79 Å². The van der Waals surface area contributed by atoms with E-state index >= 15 is 0 Å². The van der Waals surface area contributed by atoms with Gasteiger partial charge < -0.3 is 9.80 Å². The molecule has 2 aromatic heterocycles. The largest absolute Gasteiger partial charge is 0.365 e. The van der Waals surface area contributed by atoms with Crippen molar-refractivity contribution in [1.82, 2.24) is 24.5 Å². The molecule has 1 aliphatic heterocycles. The maximum absolute atomic E-state index is 12.9. The van der Waals surface area contributed by atoms with Crippen LogP contribution < -0.4 is 4.90 Å². The molecule has 4 rings (SSSR count). The number of carbonyl (C=O) groups is 1. The standard InChI is InChI=1S/C22H28N6O/c1-15-6-5-7-19(12-15)27-11-10-26(13-16(27)2)21(29)9-8-20-17(3)25-22-23-14-24-28(22)18(20)4/h5-7,12,14,16H,8-11,13H2,1-4H3/t16-/m0/s1. The highest BCUT2D eigenvalue weighted by atomic mass is 16.2. The summed E-state index contributed by atoms with van der Waals surface area (Å²) in [5.41, 5.74) is 5.52. The average Bonchev–Trinajstić information content (AvgIpc) is 3.16. The van der Waals surface area contributed by atoms with Crippen molar-refractivity contribution in [1.29, 1.82) is 0 Å². The molecule has 0 saturated carbocycles. The number of hydrogen-bond acceptors (Lipinski definition) is 5. The Hall–Kier alpha value is -2.96. The molecule has 1 amide bonds. The Labute approximate surface area is 171 Å². The molecule has 0 aliphatic carbocycles. The number of nitrogens with zero attached hydrogens (tertiary/aromatic N) is 6. The monoisotopic (exact) mass is 392 g/mol. The van der Waals surface area contributed by atoms with Crippen molar-refractivity contribution in [2.45, 2.75) is 46.6 Å². The van der Waals surface area contributed by atoms with Gasteiger partial charge in [-0.1, -0.05) is 12.1 Å². The summed E-state index contributed by atoms with van der Waals surface area (Å²) in [5, 5.41) is 4.23. The van der Waals surface area contributed by atoms with Gasteiger partial charge in [0.15, 0.2) is 0 Å². The van der Waals surface area contributed by atoms with E-state index in [1.165, 1.54) is 17.6 Å². The number of amides is 1. The third kappa shape index (κ3) is 3.81. The van der Waals surface area contributed by atoms with Crippen LogP contribution in [0.15, 0.2) is 30.6 Å². The predicted molar refractivity (Wildman–Crippen MR) is 113 cm³/mol. The Kier molecular flexibility index (Phi) is 5.22. The van der Waals surface area contributed by atoms with Crippen LogP contribution in [0.5, 0.6) is 0 Å². The Morgan fingerprint density at radius 2 is 2.03 bits per heavy atom. The van der Waals surface area contributed by atoms with Crippen molar-refractivity contribution in [3.63, 3.8) is 0 Å². The molecule has 3 aromatic rings. The molecule has 0 N–H and O–H groups in total. The van der Waals surface area contributed by atoms with Crippen molar-refractivity contribution in [3.8, 4) is 0 Å². The van der Waals surface area contributed by atoms with Crippen LogP contribution in [-0.4, -0.2) is 56.1 Å². The summed E-state index contributed by atoms with van der Waals surface area (Å²) in [7, 11) is 0. The Morgan fingerprint density at radius 1 is 1.21 bits per heavy atom. The molecular weight excluding hydrogens is 364 g/mol. The van der Waals surface area contributed by atoms with E-state index in [1.807, 2.05) is 18.7 Å². The number of anilines is 1. The number of carbonyl (C=O) groups excluding carboxylic acids is 1. The number of piperazine rings is 1. The molecule has 1 saturated heterocycles. The van der Waals surface area contributed by atoms with Crippen molar-refractivity contribution < 1.29 is 4.79 Å². The predicted octanol–water partition coefficient (Wildman–Crippen LogP) is 2.72. The van der Waals surface area contributed by atoms with Gasteiger partial charge in [0.1, 0.15) is 6.33 Å². The van der Waals surface area contributed by atoms with E-state index in [-0.39, 0.29) is 5.91 Å². The van der Waals surface area contributed by atoms with Crippen LogP contribution in [0.3, 0.4) is 0 Å². The molecule has 1 aliphatic rings. The fraction of sp³-hybridized carbons (Fsp3) is 0.455. The summed E-state index contributed by atoms with van der Waals surface area (Å²) >= 11 is 0. The molecule has 0 bridgehead atoms. The van der Waals surface area contributed by atoms with Gasteiger partial charge in [-0.3, -0.25) is 4.79 Å². The SMILES string of the molecule is Cc1cccc(N2CCN(C(=O)CCc3c(C)nc4ncnn4c3C)C[C@@H]2C)c1. The van der Waals surface area contributed by atoms with E-state index in [0.717, 1.165) is 36.6 Å². The van der Waals surface area contributed by atoms with Crippen LogP contribution in [-0.2, 0) is 11.2 Å². The number of rotatable bonds is 4. The van der Waals surface area contributed by atoms with Crippen LogP contribution in [0.4, 0.5) is 5.69 Å². The lowest BCUT2D eigenvalue weighted by molar-refractivity contribution is -0.131. The summed E-state index contributed by atoms with van der Waals surface area (Å²) < 4.78 is 1.75. The van der Waals surface area contributed by atoms with Crippen LogP contribution in [0.25, 0.3) is 5.78 Å². The summed E-state index contributed by atoms with van der Waals surface area (Å²) in [6.45, 7) is 10.7. The topological polar surface area (TPSA) is 66.6 Å². The van der Waals surface area contributed by atoms with Gasteiger partial charge in [0.05, 0.1) is 0 Å². The minimum Gasteiger partial charge on any atom is -0.365 e. The van der Waals surface area contributed by atoms with Crippen LogP contribution in [0.2, 0.25) is 0 Å². The van der Waals surface area contributed by atoms with Crippen LogP contribution >= 0.6 is 0 Å². The van der Waals surface area contributed by atoms with Crippen LogP contribution in [0, 0.1) is 20.8 Å². The minimum atomic E-state index is 0.207. The highest BCUT2D eigenvalue weighted by molar-refractivity contribution is 5.77. The average molecular weight is 393 g/mol. The maximum Gasteiger partial charge on any atom is 0.252 e. The number of hydrogen-bond donors (Lipinski definition) is 0. The number of benzene rings is 1. The maximum atomic E-state index is 12.9. The Bertz CT molecular complexity index is 1040. The number of aromatic nitrogens is 4. The van der Waals surface area contributed by atoms with Crippen molar-refractivity contribution >= 4 is 17.4 Å². The van der Waals surface area contributed by atoms with E-state index in [1.54, 1.807) is 4.52 Å². The Morgan fingerprint density at radius 3 is 2.79 bits per heavy atom. The highest BCUT2D eigenvalue weighted by Gasteiger charge is 2.27. The molecular formula is C22H28N6O. The van der Waals surface area contributed by atoms with Crippen molar-refractivity contribution in [2.24, 2.45) is 0 Å². The molecule has 1 fully saturated rings. The molecule has 0 radical (unpaired) electrons. The lowest BCUT2D eigenvalue weighted by Crippen LogP contribution is -2.53. The molecule has 1 atom stereocenters. The van der Waals surface area contributed by atoms with Gasteiger partial charge in [0.25, 0.3) is 5.78 Å². The van der Waals surface area contributed by atoms with Crippen LogP contribution in [0.1, 0.15) is 35.9 Å². The fourth-order valence-electron chi connectivity index (χ4n) is 4.28. The van der Waals surface area contributed by atoms with Gasteiger partial charge in [0, 0.05) is 49.2 Å². The highest BCUT2D eigenvalue weighted by Crippen LogP contribution is 2.22. The van der Waals surface area contributed by atoms with Gasteiger partial charge in [-0.05, 0) is 57.4 Å². The summed E-state index contributed by atoms with van der Waals surface area (Å²) in [6, 6.07) is 8.88. The van der Waals surface area contributed by atoms with Gasteiger partial charge in [0.2, 0.25) is 5.91 Å². The smallest absolute Gasteiger partial charge is 0.252 e. The lowest BCUT2D eigenvalue weighted by Gasteiger charge is -2.41. The fourth-order valence-corrected chi connectivity index (χ4v) is 4.28. The third-order valence-corrected chi connectivity index (χ3v) is 5.89. The third-order valence-electron chi connectivity index (χ3n) is 5.89. The molecule has 152 valence electrons. The van der Waals surface area contributed by atoms with Gasteiger partial charge in [-0.2, -0.15) is 10.1 Å². The molecule has 0 spiro atoms. The second kappa shape index (κ2) is 7.81. The molecule has 7 heteroatoms. The quantitative estimate of drug-likeness (QED) is 0.683. The Balaban J connectivity index is 1.40. The molecule has 1 aromatic carbocycles. The first-order valence-corrected chi connectivity index (χ1v) is 10.2. The molecule has 29 heavy (non-hydrogen) atoms. The number of fused-ring (bicyclic) bond motifs is 1. The van der Waals surface area contributed by atoms with Gasteiger partial charge >= 0.3 is 0 Å². The van der Waals surface area contributed by atoms with Crippen molar-refractivity contribution in [2.75, 3.05) is 24.5 Å². The van der Waals surface area contributed by atoms with E-state index in [0.29, 0.717) is 24.7 Å². The molecule has 3 heterocycles. The first-order valence-electron chi connectivity index (χ1n) is 10.2. The van der Waals surface area contributed by atoms with E-state index < -0.39 is 0 Å². The second-order valence-electron chi connectivity index (χ2n) is 7.95. The molecule has 7 nitrogen and oxygen atoms in total. The normalized spacial score (nSPS) is 17.2. The van der Waals surface area contributed by atoms with E-state index in [4.69, 9.17) is 0 Å². The van der Waals surface area contributed by atoms with Gasteiger partial charge in [-0.15, -0.1) is 0 Å². The number of aryl methyl sites for hydroxylation is 3. The minimum absolute atomic E-state index is 0.207. The summed E-state index contributed by atoms with van der Waals surface area (Å²) in [6.07, 6.45) is 2.67. The zero-order valence-electron chi connectivity index (χ0n) is 17.6. The molecule has 0 unspecified atom stereocenters. The zero-order chi connectivity index (χ0) is 20.5. The second-order valence-corrected chi connectivity index (χ2v) is 7.95. The zero-order valence-corrected chi connectivity index (χ0v) is 17.6. The first kappa shape index (κ1) is 19.4.